The fourth-order valence-electron chi connectivity index (χ4n) is 3.08. The molecular weight excluding hydrogens is 437 g/mol. The van der Waals surface area contributed by atoms with Crippen molar-refractivity contribution in [1.29, 1.82) is 0 Å². The number of benzene rings is 1. The summed E-state index contributed by atoms with van der Waals surface area (Å²) in [5.41, 5.74) is -0.259. The predicted molar refractivity (Wildman–Crippen MR) is 96.8 cm³/mol. The molecule has 4 atom stereocenters. The van der Waals surface area contributed by atoms with Gasteiger partial charge >= 0.3 is 166 Å². The van der Waals surface area contributed by atoms with Crippen LogP contribution in [0.15, 0.2) is 29.1 Å². The number of esters is 3. The Balaban J connectivity index is 2.04. The molecule has 28 heavy (non-hydrogen) atoms. The van der Waals surface area contributed by atoms with E-state index in [2.05, 4.69) is 0 Å². The van der Waals surface area contributed by atoms with E-state index in [4.69, 9.17) is 18.9 Å². The van der Waals surface area contributed by atoms with E-state index in [1.54, 1.807) is 12.1 Å². The van der Waals surface area contributed by atoms with Crippen LogP contribution in [0.25, 0.3) is 9.65 Å². The Hall–Kier alpha value is -2.42. The second-order valence-corrected chi connectivity index (χ2v) is 8.37. The molecule has 1 aromatic heterocycles. The molecule has 2 heterocycles. The first-order chi connectivity index (χ1) is 13.3. The maximum atomic E-state index is 12.8. The fraction of sp³-hybridized carbons (Fsp3) is 0.444. The van der Waals surface area contributed by atoms with Gasteiger partial charge in [0.15, 0.2) is 0 Å². The first-order valence-electron chi connectivity index (χ1n) is 8.51. The summed E-state index contributed by atoms with van der Waals surface area (Å²) in [6.45, 7) is 3.49. The van der Waals surface area contributed by atoms with E-state index in [1.807, 2.05) is 12.1 Å². The van der Waals surface area contributed by atoms with Gasteiger partial charge in [0.25, 0.3) is 0 Å². The number of carbonyl (C=O) groups excluding carboxylic acids is 3. The zero-order chi connectivity index (χ0) is 20.4. The molecule has 0 amide bonds. The first kappa shape index (κ1) is 20.3. The summed E-state index contributed by atoms with van der Waals surface area (Å²) in [6.07, 6.45) is -4.18. The minimum atomic E-state index is -1.14. The first-order valence-corrected chi connectivity index (χ1v) is 10.1. The van der Waals surface area contributed by atoms with Gasteiger partial charge in [0, 0.05) is 0 Å². The second kappa shape index (κ2) is 8.30. The number of hydrogen-bond acceptors (Lipinski definition) is 8. The summed E-state index contributed by atoms with van der Waals surface area (Å²) in [4.78, 5) is 47.6. The third-order valence-electron chi connectivity index (χ3n) is 4.07. The molecule has 10 heteroatoms. The van der Waals surface area contributed by atoms with Crippen LogP contribution in [0, 0.1) is 0 Å². The Morgan fingerprint density at radius 3 is 2.21 bits per heavy atom. The molecule has 1 aliphatic heterocycles. The SMILES string of the molecule is CC(=O)O[C@@H]1[C@@H](OC(C)=O)[C@H](OC(C)=O)CO[C@H]1n1[se]c2ccccc2c1=O. The molecule has 0 N–H and O–H groups in total. The molecule has 0 saturated carbocycles. The summed E-state index contributed by atoms with van der Waals surface area (Å²) in [7, 11) is 0. The van der Waals surface area contributed by atoms with Gasteiger partial charge in [-0.05, 0) is 0 Å². The molecule has 0 aliphatic carbocycles. The van der Waals surface area contributed by atoms with Crippen LogP contribution < -0.4 is 5.56 Å². The van der Waals surface area contributed by atoms with E-state index in [1.165, 1.54) is 24.3 Å². The van der Waals surface area contributed by atoms with Crippen LogP contribution in [0.3, 0.4) is 0 Å². The summed E-state index contributed by atoms with van der Waals surface area (Å²) in [5, 5.41) is 0.554. The fourth-order valence-corrected chi connectivity index (χ4v) is 5.33. The van der Waals surface area contributed by atoms with Crippen LogP contribution in [0.4, 0.5) is 0 Å². The van der Waals surface area contributed by atoms with Crippen molar-refractivity contribution in [3.05, 3.63) is 34.6 Å². The number of aromatic nitrogens is 1. The van der Waals surface area contributed by atoms with E-state index in [-0.39, 0.29) is 12.2 Å². The van der Waals surface area contributed by atoms with Gasteiger partial charge in [-0.15, -0.1) is 0 Å². The molecule has 150 valence electrons. The number of rotatable bonds is 4. The Labute approximate surface area is 166 Å². The van der Waals surface area contributed by atoms with Crippen molar-refractivity contribution >= 4 is 42.3 Å². The van der Waals surface area contributed by atoms with Gasteiger partial charge < -0.3 is 0 Å². The predicted octanol–water partition coefficient (Wildman–Crippen LogP) is 0.382. The molecule has 1 fully saturated rings. The van der Waals surface area contributed by atoms with Gasteiger partial charge in [-0.3, -0.25) is 0 Å². The van der Waals surface area contributed by atoms with Crippen molar-refractivity contribution in [3.63, 3.8) is 0 Å². The average molecular weight is 456 g/mol. The van der Waals surface area contributed by atoms with E-state index >= 15 is 0 Å². The van der Waals surface area contributed by atoms with Crippen LogP contribution >= 0.6 is 0 Å². The zero-order valence-electron chi connectivity index (χ0n) is 15.4. The van der Waals surface area contributed by atoms with Crippen molar-refractivity contribution in [1.82, 2.24) is 3.56 Å². The topological polar surface area (TPSA) is 110 Å². The Bertz CT molecular complexity index is 964. The van der Waals surface area contributed by atoms with Gasteiger partial charge in [0.2, 0.25) is 0 Å². The van der Waals surface area contributed by atoms with Crippen molar-refractivity contribution < 1.29 is 33.3 Å². The number of fused-ring (bicyclic) bond motifs is 1. The van der Waals surface area contributed by atoms with Gasteiger partial charge in [0.1, 0.15) is 0 Å². The third kappa shape index (κ3) is 4.19. The molecule has 1 aromatic carbocycles. The molecule has 2 aromatic rings. The van der Waals surface area contributed by atoms with E-state index in [9.17, 15) is 19.2 Å². The van der Waals surface area contributed by atoms with Crippen LogP contribution in [0.1, 0.15) is 27.0 Å². The Morgan fingerprint density at radius 2 is 1.61 bits per heavy atom. The summed E-state index contributed by atoms with van der Waals surface area (Å²) in [6, 6.07) is 7.16. The number of nitrogens with zero attached hydrogens (tertiary/aromatic N) is 1. The van der Waals surface area contributed by atoms with Crippen molar-refractivity contribution in [2.75, 3.05) is 6.61 Å². The zero-order valence-corrected chi connectivity index (χ0v) is 17.2. The van der Waals surface area contributed by atoms with Crippen LogP contribution in [-0.4, -0.2) is 61.1 Å². The molecule has 0 bridgehead atoms. The Kier molecular flexibility index (Phi) is 6.02. The third-order valence-corrected chi connectivity index (χ3v) is 6.43. The molecular formula is C18H19NO8Se. The summed E-state index contributed by atoms with van der Waals surface area (Å²) in [5.74, 6) is -1.88. The number of hydrogen-bond donors (Lipinski definition) is 0. The van der Waals surface area contributed by atoms with Crippen LogP contribution in [0.2, 0.25) is 0 Å². The summed E-state index contributed by atoms with van der Waals surface area (Å²) < 4.78 is 24.0. The van der Waals surface area contributed by atoms with E-state index in [0.717, 1.165) is 4.26 Å². The monoisotopic (exact) mass is 457 g/mol. The van der Waals surface area contributed by atoms with Gasteiger partial charge in [-0.25, -0.2) is 0 Å². The van der Waals surface area contributed by atoms with Crippen molar-refractivity contribution in [3.8, 4) is 0 Å². The normalized spacial score (nSPS) is 24.5. The number of carbonyl (C=O) groups is 3. The molecule has 0 unspecified atom stereocenters. The molecule has 0 spiro atoms. The standard InChI is InChI=1S/C18H19NO8Se/c1-9(20)25-13-8-24-18(16(27-11(3)22)15(13)26-10(2)21)19-17(23)12-6-4-5-7-14(12)28-19/h4-7,13,15-16,18H,8H2,1-3H3/t13-,15+,16-,18-/m1/s1. The second-order valence-electron chi connectivity index (χ2n) is 6.24. The number of ether oxygens (including phenoxy) is 4. The minimum absolute atomic E-state index is 0.115. The van der Waals surface area contributed by atoms with Gasteiger partial charge in [-0.1, -0.05) is 0 Å². The maximum absolute atomic E-state index is 12.8. The van der Waals surface area contributed by atoms with Crippen LogP contribution in [-0.2, 0) is 33.3 Å². The summed E-state index contributed by atoms with van der Waals surface area (Å²) >= 11 is -0.411. The van der Waals surface area contributed by atoms with E-state index < -0.39 is 57.2 Å². The molecule has 1 saturated heterocycles. The Morgan fingerprint density at radius 1 is 1.00 bits per heavy atom. The molecule has 0 radical (unpaired) electrons. The van der Waals surface area contributed by atoms with Crippen molar-refractivity contribution in [2.24, 2.45) is 0 Å². The quantitative estimate of drug-likeness (QED) is 0.369. The molecule has 9 nitrogen and oxygen atoms in total. The van der Waals surface area contributed by atoms with Gasteiger partial charge in [-0.2, -0.15) is 0 Å². The molecule has 3 rings (SSSR count). The van der Waals surface area contributed by atoms with Crippen LogP contribution in [0.5, 0.6) is 0 Å². The average Bonchev–Trinajstić information content (AvgIpc) is 2.94. The van der Waals surface area contributed by atoms with Gasteiger partial charge in [0.05, 0.1) is 0 Å². The molecule has 1 aliphatic rings. The van der Waals surface area contributed by atoms with Crippen molar-refractivity contribution in [2.45, 2.75) is 45.3 Å². The van der Waals surface area contributed by atoms with E-state index in [0.29, 0.717) is 5.39 Å².